The number of H-pyrrole nitrogens is 5. The van der Waals surface area contributed by atoms with Gasteiger partial charge in [0.2, 0.25) is 0 Å². The second kappa shape index (κ2) is 67.8. The van der Waals surface area contributed by atoms with Gasteiger partial charge in [-0.25, -0.2) is 38.4 Å². The smallest absolute Gasteiger partial charge is 0.507 e. The summed E-state index contributed by atoms with van der Waals surface area (Å²) in [5, 5.41) is 34.0. The maximum atomic E-state index is 12.7. The first-order chi connectivity index (χ1) is 64.0. The number of fused-ring (bicyclic) bond motifs is 8. The van der Waals surface area contributed by atoms with Gasteiger partial charge >= 0.3 is 113 Å². The van der Waals surface area contributed by atoms with Crippen molar-refractivity contribution < 1.29 is 151 Å². The Kier molecular flexibility index (Phi) is 67.0. The van der Waals surface area contributed by atoms with E-state index in [0.29, 0.717) is 37.0 Å². The molecule has 0 aliphatic heterocycles. The molecule has 0 saturated heterocycles. The molecule has 12 aromatic rings. The second-order valence-corrected chi connectivity index (χ2v) is 37.0. The van der Waals surface area contributed by atoms with Crippen LogP contribution >= 0.6 is 83.4 Å². The van der Waals surface area contributed by atoms with Crippen molar-refractivity contribution in [2.24, 2.45) is 5.73 Å². The van der Waals surface area contributed by atoms with E-state index in [2.05, 4.69) is 153 Å². The van der Waals surface area contributed by atoms with Gasteiger partial charge in [-0.15, -0.1) is 0 Å². The number of benzene rings is 7. The van der Waals surface area contributed by atoms with Gasteiger partial charge in [-0.3, -0.25) is 24.3 Å². The number of aromatic nitrogens is 5. The van der Waals surface area contributed by atoms with E-state index < -0.39 is 109 Å². The zero-order valence-corrected chi connectivity index (χ0v) is 93.8. The number of alkyl carbamates (subject to hydrolysis) is 4. The van der Waals surface area contributed by atoms with Crippen LogP contribution in [0.15, 0.2) is 188 Å². The Morgan fingerprint density at radius 2 is 0.694 bits per heavy atom. The van der Waals surface area contributed by atoms with Crippen LogP contribution < -0.4 is 78.4 Å². The molecular weight excluding hydrogens is 2070 g/mol. The quantitative estimate of drug-likeness (QED) is 0.0109. The molecule has 7 aromatic carbocycles. The predicted molar refractivity (Wildman–Crippen MR) is 615 cm³/mol. The summed E-state index contributed by atoms with van der Waals surface area (Å²) in [6.07, 6.45) is 10.4. The first-order valence-corrected chi connectivity index (χ1v) is 45.0. The maximum absolute atomic E-state index is 12.7. The number of nitrogens with two attached hydrogens (primary N) is 1. The number of rotatable bonds is 25. The molecule has 4 amide bonds. The number of hydrogen-bond donors (Lipinski definition) is 12. The molecule has 0 saturated carbocycles. The van der Waals surface area contributed by atoms with Crippen molar-refractivity contribution in [3.05, 3.63) is 255 Å². The maximum Gasteiger partial charge on any atom is 1.00 e. The summed E-state index contributed by atoms with van der Waals surface area (Å²) < 4.78 is 65.7. The van der Waals surface area contributed by atoms with Crippen molar-refractivity contribution >= 4 is 205 Å². The fourth-order valence-corrected chi connectivity index (χ4v) is 15.8. The van der Waals surface area contributed by atoms with Crippen LogP contribution in [0.3, 0.4) is 0 Å². The minimum Gasteiger partial charge on any atom is -0.507 e. The van der Waals surface area contributed by atoms with Gasteiger partial charge in [0.05, 0.1) is 32.4 Å². The average molecular weight is 2230 g/mol. The number of aromatic amines is 5. The number of carboxylic acid groups (broad SMARTS) is 2. The van der Waals surface area contributed by atoms with Crippen LogP contribution in [0.2, 0.25) is 0 Å². The third-order valence-corrected chi connectivity index (χ3v) is 22.0. The molecule has 808 valence electrons. The van der Waals surface area contributed by atoms with Crippen molar-refractivity contribution in [2.45, 2.75) is 258 Å². The Bertz CT molecular complexity index is 6130. The van der Waals surface area contributed by atoms with Crippen LogP contribution in [0.4, 0.5) is 32.1 Å². The first-order valence-electron chi connectivity index (χ1n) is 44.2. The molecule has 13 N–H and O–H groups in total. The van der Waals surface area contributed by atoms with E-state index in [1.165, 1.54) is 38.0 Å². The number of allylic oxidation sites excluding steroid dienone is 2. The number of methoxy groups -OCH3 is 3. The molecule has 147 heavy (non-hydrogen) atoms. The standard InChI is InChI=1S/C29H28N2O4.C20H28N2O4.C20H26N2O4.C17H21BrN2O4.C14H18N2O2.C3H5.5CH4.BF3.K.5H2S/c1-17(2)19-12-7-13-20-18(15-30-27(19)20)14-26(28(32)33)31-29(34)35-16-25-23-10-5-3-8-21(23)22-9-4-6-11-24(22)25;2*1-12(2)14-8-7-9-15-13(11-21-17(14)15)10-16(18(23)25-6)22-19(24)26-20(3,4)5;1-17(2,3)24-16(22)20-13(15(21)23-4)8-10-9-19-14-11(10)6-5-7-12(14)18;1-8(2)10-4-3-5-11-9(7-16-13(10)11)6-12(15)14(17)18;1-3-2;;;;;;2-1(3)4;;;;;;/h3-13,15,17,25-26,30H,14,16H2,1-2H3,(H,31,34)(H,32,33);7-9,11-12,16,21H,10H2,1-6H3,(H,22,24);7-9,11,16,21H,1,10H2,2-6H3,(H,22,24);5-7,9,13,19H,8H2,1-4H3,(H,20,22);3-5,7-8,12,16H,6,15H2,1-2H3,(H,17,18);1H2,2H3;5*1H4;;;5*1H2/q;;;;;-1;;;;;;;+1;;;;;/t26-;2*16-;13-;12-;;;;;;;;;;;;;/m00000............./s1. The molecule has 28 nitrogen and oxygen atoms in total. The third-order valence-electron chi connectivity index (χ3n) is 21.3. The van der Waals surface area contributed by atoms with Gasteiger partial charge < -0.3 is 101 Å². The van der Waals surface area contributed by atoms with Crippen molar-refractivity contribution in [2.75, 3.05) is 27.9 Å². The van der Waals surface area contributed by atoms with Crippen LogP contribution in [0, 0.1) is 6.08 Å². The molecule has 0 fully saturated rings. The number of carbonyl (C=O) groups excluding carboxylic acids is 7. The van der Waals surface area contributed by atoms with E-state index in [0.717, 1.165) is 120 Å². The summed E-state index contributed by atoms with van der Waals surface area (Å²) in [6, 6.07) is 41.6. The first kappa shape index (κ1) is 145. The molecule has 0 unspecified atom stereocenters. The van der Waals surface area contributed by atoms with Crippen LogP contribution in [0.1, 0.15) is 240 Å². The minimum absolute atomic E-state index is 0. The number of para-hydroxylation sites is 5. The van der Waals surface area contributed by atoms with Crippen LogP contribution in [-0.4, -0.2) is 172 Å². The number of hydrogen-bond acceptors (Lipinski definition) is 17. The van der Waals surface area contributed by atoms with Crippen molar-refractivity contribution in [1.82, 2.24) is 46.2 Å². The number of carbonyl (C=O) groups is 9. The third kappa shape index (κ3) is 43.4. The van der Waals surface area contributed by atoms with Gasteiger partial charge in [0, 0.05) is 123 Å². The normalized spacial score (nSPS) is 11.6. The number of esters is 3. The van der Waals surface area contributed by atoms with E-state index in [1.807, 2.05) is 147 Å². The summed E-state index contributed by atoms with van der Waals surface area (Å²) in [5.74, 6) is -2.58. The Morgan fingerprint density at radius 3 is 0.986 bits per heavy atom. The molecule has 1 aliphatic rings. The number of ether oxygens (including phenoxy) is 7. The molecule has 13 rings (SSSR count). The molecule has 0 radical (unpaired) electrons. The van der Waals surface area contributed by atoms with Crippen LogP contribution in [0.25, 0.3) is 71.2 Å². The number of nitrogens with one attached hydrogen (secondary N) is 9. The summed E-state index contributed by atoms with van der Waals surface area (Å²) in [6.45, 7) is 39.7. The molecule has 0 bridgehead atoms. The Morgan fingerprint density at radius 1 is 0.429 bits per heavy atom. The molecule has 39 heteroatoms. The van der Waals surface area contributed by atoms with Gasteiger partial charge in [-0.2, -0.15) is 74.4 Å². The zero-order valence-electron chi connectivity index (χ0n) is 84.1. The number of aliphatic carboxylic acids is 2. The summed E-state index contributed by atoms with van der Waals surface area (Å²) in [7, 11) is 0.219. The zero-order chi connectivity index (χ0) is 101. The van der Waals surface area contributed by atoms with Crippen molar-refractivity contribution in [3.8, 4) is 11.1 Å². The largest absolute Gasteiger partial charge is 1.00 e. The number of amides is 4. The molecule has 5 atom stereocenters. The molecule has 1 aliphatic carbocycles. The Labute approximate surface area is 951 Å². The Balaban J connectivity index is -0.000000558. The van der Waals surface area contributed by atoms with Gasteiger partial charge in [0.25, 0.3) is 0 Å². The molecule has 5 aromatic heterocycles. The minimum atomic E-state index is -3.67. The molecule has 0 spiro atoms. The predicted octanol–water partition coefficient (Wildman–Crippen LogP) is 21.9. The molecular formula is C108H156BBrF3KN10O18S5. The van der Waals surface area contributed by atoms with E-state index in [1.54, 1.807) is 69.2 Å². The van der Waals surface area contributed by atoms with E-state index in [4.69, 9.17) is 44.0 Å². The van der Waals surface area contributed by atoms with Gasteiger partial charge in [-0.05, 0) is 181 Å². The van der Waals surface area contributed by atoms with Gasteiger partial charge in [0.1, 0.15) is 53.6 Å². The fourth-order valence-electron chi connectivity index (χ4n) is 15.3. The van der Waals surface area contributed by atoms with Gasteiger partial charge in [-0.1, -0.05) is 219 Å². The summed E-state index contributed by atoms with van der Waals surface area (Å²) >= 11 is 3.48. The Hall–Kier alpha value is -10.2. The van der Waals surface area contributed by atoms with Crippen molar-refractivity contribution in [1.29, 1.82) is 0 Å². The summed E-state index contributed by atoms with van der Waals surface area (Å²) in [5.41, 5.74) is 23.3. The number of carboxylic acids is 2. The van der Waals surface area contributed by atoms with Crippen molar-refractivity contribution in [3.63, 3.8) is 0 Å². The van der Waals surface area contributed by atoms with E-state index >= 15 is 0 Å². The monoisotopic (exact) mass is 2230 g/mol. The van der Waals surface area contributed by atoms with Crippen LogP contribution in [0.5, 0.6) is 0 Å². The average Bonchev–Trinajstić information content (AvgIpc) is 1.61. The second-order valence-electron chi connectivity index (χ2n) is 36.1. The SMILES string of the molecule is C.C.C.C.C.C=C(C)c1cccc2c(C[C@H](NC(=O)OC(C)(C)C)C(=O)OC)c[nH]c12.C=[C-]C.CC(C)c1cccc2c(C[C@H](N)C(=O)O)c[nH]c12.CC(C)c1cccc2c(C[C@H](NC(=O)OCC3c4ccccc4-c4ccccc43)C(=O)O)c[nH]c12.COC(=O)[C@H](Cc1c[nH]c2c(Br)cccc12)NC(=O)OC(C)(C)C.COC(=O)[C@H](Cc1c[nH]c2c(C(C)C)cccc12)NC(=O)OC(C)(C)C.FB(F)F.S.S.S.S.S.[K+]. The number of halogens is 4. The van der Waals surface area contributed by atoms with Crippen LogP contribution in [-0.2, 0) is 89.2 Å². The summed E-state index contributed by atoms with van der Waals surface area (Å²) in [4.78, 5) is 124. The fraction of sp³-hybridized carbons (Fsp3) is 0.398. The van der Waals surface area contributed by atoms with E-state index in [9.17, 15) is 61.2 Å². The topological polar surface area (TPSA) is 412 Å². The van der Waals surface area contributed by atoms with Gasteiger partial charge in [0.15, 0.2) is 0 Å². The molecule has 5 heterocycles. The van der Waals surface area contributed by atoms with E-state index in [-0.39, 0.29) is 181 Å².